The van der Waals surface area contributed by atoms with Gasteiger partial charge in [0.2, 0.25) is 0 Å². The number of methoxy groups -OCH3 is 1. The van der Waals surface area contributed by atoms with E-state index in [0.29, 0.717) is 11.4 Å². The molecule has 1 unspecified atom stereocenters. The third-order valence-electron chi connectivity index (χ3n) is 1.40. The molecule has 6 heteroatoms. The van der Waals surface area contributed by atoms with Crippen molar-refractivity contribution in [3.8, 4) is 5.75 Å². The third-order valence-corrected chi connectivity index (χ3v) is 1.81. The van der Waals surface area contributed by atoms with E-state index in [2.05, 4.69) is 4.72 Å². The van der Waals surface area contributed by atoms with Crippen molar-refractivity contribution in [3.63, 3.8) is 0 Å². The molecule has 78 valence electrons. The molecule has 14 heavy (non-hydrogen) atoms. The van der Waals surface area contributed by atoms with Crippen LogP contribution in [0.3, 0.4) is 0 Å². The average molecular weight is 217 g/mol. The first-order valence-electron chi connectivity index (χ1n) is 3.81. The molecule has 0 saturated heterocycles. The Balaban J connectivity index is 2.54. The second kappa shape index (κ2) is 5.58. The average Bonchev–Trinajstić information content (AvgIpc) is 2.16. The molecular weight excluding hydrogens is 206 g/mol. The van der Waals surface area contributed by atoms with E-state index in [1.807, 2.05) is 0 Å². The van der Waals surface area contributed by atoms with Crippen molar-refractivity contribution in [1.29, 1.82) is 0 Å². The summed E-state index contributed by atoms with van der Waals surface area (Å²) in [5.74, 6) is 0.640. The molecular formula is C8H11NO4S. The summed E-state index contributed by atoms with van der Waals surface area (Å²) in [5, 5.41) is 0. The molecule has 1 atom stereocenters. The number of hydrogen-bond donors (Lipinski definition) is 2. The van der Waals surface area contributed by atoms with Crippen LogP contribution in [-0.4, -0.2) is 22.7 Å². The van der Waals surface area contributed by atoms with Gasteiger partial charge in [-0.05, 0) is 24.3 Å². The van der Waals surface area contributed by atoms with Crippen LogP contribution in [0.4, 0.5) is 5.69 Å². The number of nitrogens with one attached hydrogen (secondary N) is 1. The second-order valence-corrected chi connectivity index (χ2v) is 3.13. The van der Waals surface area contributed by atoms with Crippen molar-refractivity contribution in [3.05, 3.63) is 24.3 Å². The number of benzene rings is 1. The lowest BCUT2D eigenvalue weighted by Gasteiger charge is -2.05. The van der Waals surface area contributed by atoms with Gasteiger partial charge in [0.1, 0.15) is 5.75 Å². The van der Waals surface area contributed by atoms with Gasteiger partial charge in [0.05, 0.1) is 0 Å². The van der Waals surface area contributed by atoms with Gasteiger partial charge in [0.25, 0.3) is 11.3 Å². The molecule has 0 aliphatic rings. The van der Waals surface area contributed by atoms with E-state index in [1.54, 1.807) is 24.3 Å². The normalized spacial score (nSPS) is 12.1. The first-order chi connectivity index (χ1) is 6.72. The summed E-state index contributed by atoms with van der Waals surface area (Å²) in [6.45, 7) is 0.179. The fraction of sp³-hybridized carbons (Fsp3) is 0.250. The van der Waals surface area contributed by atoms with Crippen molar-refractivity contribution in [2.45, 2.75) is 0 Å². The molecule has 0 bridgehead atoms. The zero-order valence-electron chi connectivity index (χ0n) is 7.60. The van der Waals surface area contributed by atoms with Crippen LogP contribution in [0.1, 0.15) is 0 Å². The topological polar surface area (TPSA) is 67.8 Å². The molecule has 2 N–H and O–H groups in total. The van der Waals surface area contributed by atoms with Crippen molar-refractivity contribution < 1.29 is 18.2 Å². The van der Waals surface area contributed by atoms with Gasteiger partial charge in [0.15, 0.2) is 6.79 Å². The maximum Gasteiger partial charge on any atom is 0.259 e. The first-order valence-corrected chi connectivity index (χ1v) is 4.92. The Bertz CT molecular complexity index is 301. The van der Waals surface area contributed by atoms with Crippen LogP contribution in [0.15, 0.2) is 24.3 Å². The minimum absolute atomic E-state index is 0.179. The van der Waals surface area contributed by atoms with E-state index in [4.69, 9.17) is 14.0 Å². The molecule has 0 aromatic heterocycles. The molecule has 0 aliphatic heterocycles. The highest BCUT2D eigenvalue weighted by Crippen LogP contribution is 2.15. The molecule has 0 amide bonds. The van der Waals surface area contributed by atoms with Crippen molar-refractivity contribution in [2.75, 3.05) is 18.6 Å². The highest BCUT2D eigenvalue weighted by molar-refractivity contribution is 7.80. The monoisotopic (exact) mass is 217 g/mol. The molecule has 1 aromatic carbocycles. The lowest BCUT2D eigenvalue weighted by molar-refractivity contribution is 0.0511. The Morgan fingerprint density at radius 2 is 2.07 bits per heavy atom. The van der Waals surface area contributed by atoms with Gasteiger partial charge >= 0.3 is 0 Å². The van der Waals surface area contributed by atoms with Crippen LogP contribution in [0, 0.1) is 0 Å². The van der Waals surface area contributed by atoms with Crippen molar-refractivity contribution in [2.24, 2.45) is 0 Å². The smallest absolute Gasteiger partial charge is 0.259 e. The van der Waals surface area contributed by atoms with Gasteiger partial charge < -0.3 is 9.47 Å². The highest BCUT2D eigenvalue weighted by Gasteiger charge is 1.96. The fourth-order valence-corrected chi connectivity index (χ4v) is 1.18. The van der Waals surface area contributed by atoms with Crippen molar-refractivity contribution in [1.82, 2.24) is 0 Å². The quantitative estimate of drug-likeness (QED) is 0.574. The summed E-state index contributed by atoms with van der Waals surface area (Å²) in [5.41, 5.74) is 0.551. The van der Waals surface area contributed by atoms with Gasteiger partial charge in [-0.1, -0.05) is 0 Å². The van der Waals surface area contributed by atoms with E-state index in [0.717, 1.165) is 0 Å². The molecule has 0 heterocycles. The van der Waals surface area contributed by atoms with Crippen LogP contribution in [0.2, 0.25) is 0 Å². The minimum atomic E-state index is -2.04. The zero-order chi connectivity index (χ0) is 10.4. The number of hydrogen-bond acceptors (Lipinski definition) is 3. The van der Waals surface area contributed by atoms with Crippen LogP contribution >= 0.6 is 0 Å². The Labute approximate surface area is 84.5 Å². The summed E-state index contributed by atoms with van der Waals surface area (Å²) in [6, 6.07) is 6.63. The van der Waals surface area contributed by atoms with E-state index in [-0.39, 0.29) is 6.79 Å². The van der Waals surface area contributed by atoms with E-state index >= 15 is 0 Å². The van der Waals surface area contributed by atoms with Crippen LogP contribution in [0.25, 0.3) is 0 Å². The molecule has 0 saturated carbocycles. The van der Waals surface area contributed by atoms with Gasteiger partial charge in [-0.2, -0.15) is 0 Å². The maximum atomic E-state index is 10.4. The van der Waals surface area contributed by atoms with Gasteiger partial charge in [-0.25, -0.2) is 4.21 Å². The molecule has 0 spiro atoms. The van der Waals surface area contributed by atoms with Gasteiger partial charge in [-0.3, -0.25) is 9.27 Å². The number of anilines is 1. The number of rotatable bonds is 5. The van der Waals surface area contributed by atoms with Crippen LogP contribution in [-0.2, 0) is 16.0 Å². The Morgan fingerprint density at radius 3 is 2.57 bits per heavy atom. The Morgan fingerprint density at radius 1 is 1.43 bits per heavy atom. The predicted octanol–water partition coefficient (Wildman–Crippen LogP) is 1.22. The summed E-state index contributed by atoms with van der Waals surface area (Å²) in [7, 11) is 1.53. The van der Waals surface area contributed by atoms with Gasteiger partial charge in [-0.15, -0.1) is 0 Å². The third kappa shape index (κ3) is 3.73. The van der Waals surface area contributed by atoms with E-state index in [1.165, 1.54) is 7.11 Å². The summed E-state index contributed by atoms with van der Waals surface area (Å²) < 4.78 is 31.1. The van der Waals surface area contributed by atoms with Crippen LogP contribution in [0.5, 0.6) is 5.75 Å². The molecule has 0 fully saturated rings. The molecule has 0 radical (unpaired) electrons. The molecule has 0 aliphatic carbocycles. The predicted molar refractivity (Wildman–Crippen MR) is 53.3 cm³/mol. The molecule has 1 rings (SSSR count). The summed E-state index contributed by atoms with van der Waals surface area (Å²) in [4.78, 5) is 0. The van der Waals surface area contributed by atoms with E-state index < -0.39 is 11.3 Å². The standard InChI is InChI=1S/C8H11NO4S/c1-12-6-13-8-4-2-7(3-5-8)9-14(10)11/h2-5,9H,6H2,1H3,(H,10,11). The summed E-state index contributed by atoms with van der Waals surface area (Å²) >= 11 is -2.04. The zero-order valence-corrected chi connectivity index (χ0v) is 8.41. The lowest BCUT2D eigenvalue weighted by atomic mass is 10.3. The molecule has 5 nitrogen and oxygen atoms in total. The largest absolute Gasteiger partial charge is 0.468 e. The first kappa shape index (κ1) is 11.0. The van der Waals surface area contributed by atoms with E-state index in [9.17, 15) is 4.21 Å². The Hall–Kier alpha value is -1.11. The summed E-state index contributed by atoms with van der Waals surface area (Å²) in [6.07, 6.45) is 0. The highest BCUT2D eigenvalue weighted by atomic mass is 32.2. The maximum absolute atomic E-state index is 10.4. The van der Waals surface area contributed by atoms with Crippen molar-refractivity contribution >= 4 is 17.0 Å². The molecule has 1 aromatic rings. The number of ether oxygens (including phenoxy) is 2. The minimum Gasteiger partial charge on any atom is -0.468 e. The lowest BCUT2D eigenvalue weighted by Crippen LogP contribution is -2.02. The second-order valence-electron chi connectivity index (χ2n) is 2.43. The SMILES string of the molecule is COCOc1ccc(NS(=O)O)cc1. The fourth-order valence-electron chi connectivity index (χ4n) is 0.847. The Kier molecular flexibility index (Phi) is 4.37. The van der Waals surface area contributed by atoms with Crippen LogP contribution < -0.4 is 9.46 Å². The van der Waals surface area contributed by atoms with Gasteiger partial charge in [0, 0.05) is 12.8 Å².